The Labute approximate surface area is 69.4 Å². The number of rotatable bonds is 1. The van der Waals surface area contributed by atoms with E-state index in [1.165, 1.54) is 13.0 Å². The van der Waals surface area contributed by atoms with Gasteiger partial charge in [-0.3, -0.25) is 4.98 Å². The van der Waals surface area contributed by atoms with Crippen LogP contribution in [-0.2, 0) is 0 Å². The zero-order chi connectivity index (χ0) is 9.30. The van der Waals surface area contributed by atoms with E-state index in [1.54, 1.807) is 6.92 Å². The summed E-state index contributed by atoms with van der Waals surface area (Å²) < 4.78 is 24.6. The summed E-state index contributed by atoms with van der Waals surface area (Å²) in [4.78, 5) is 3.90. The highest BCUT2D eigenvalue weighted by Crippen LogP contribution is 2.27. The van der Waals surface area contributed by atoms with E-state index < -0.39 is 6.43 Å². The van der Waals surface area contributed by atoms with Gasteiger partial charge in [-0.1, -0.05) is 0 Å². The Morgan fingerprint density at radius 1 is 1.42 bits per heavy atom. The number of hydrogen-bond donors (Lipinski definition) is 1. The summed E-state index contributed by atoms with van der Waals surface area (Å²) in [6.07, 6.45) is -2.54. The molecule has 0 saturated heterocycles. The number of nitrogens with two attached hydrogens (primary N) is 1. The molecular weight excluding hydrogens is 162 g/mol. The molecule has 0 unspecified atom stereocenters. The zero-order valence-corrected chi connectivity index (χ0v) is 6.94. The number of nitrogens with zero attached hydrogens (tertiary/aromatic N) is 1. The fourth-order valence-electron chi connectivity index (χ4n) is 1.15. The lowest BCUT2D eigenvalue weighted by Crippen LogP contribution is -2.01. The largest absolute Gasteiger partial charge is 0.398 e. The summed E-state index contributed by atoms with van der Waals surface area (Å²) in [7, 11) is 0. The van der Waals surface area contributed by atoms with Gasteiger partial charge in [0.25, 0.3) is 6.43 Å². The van der Waals surface area contributed by atoms with Gasteiger partial charge in [-0.25, -0.2) is 8.78 Å². The summed E-state index contributed by atoms with van der Waals surface area (Å²) in [5.74, 6) is 0. The molecule has 0 aliphatic heterocycles. The lowest BCUT2D eigenvalue weighted by atomic mass is 10.1. The predicted octanol–water partition coefficient (Wildman–Crippen LogP) is 2.22. The van der Waals surface area contributed by atoms with Crippen molar-refractivity contribution in [2.24, 2.45) is 0 Å². The number of alkyl halides is 2. The second-order valence-electron chi connectivity index (χ2n) is 2.65. The second kappa shape index (κ2) is 3.05. The molecule has 0 aromatic carbocycles. The van der Waals surface area contributed by atoms with E-state index in [-0.39, 0.29) is 11.3 Å². The molecule has 0 saturated carbocycles. The molecule has 0 spiro atoms. The van der Waals surface area contributed by atoms with E-state index in [0.29, 0.717) is 11.4 Å². The molecule has 2 N–H and O–H groups in total. The lowest BCUT2D eigenvalue weighted by Gasteiger charge is -2.08. The Kier molecular flexibility index (Phi) is 2.26. The molecule has 0 aliphatic carbocycles. The van der Waals surface area contributed by atoms with Gasteiger partial charge in [-0.15, -0.1) is 0 Å². The highest BCUT2D eigenvalue weighted by molar-refractivity contribution is 5.50. The van der Waals surface area contributed by atoms with Crippen LogP contribution in [0.5, 0.6) is 0 Å². The predicted molar refractivity (Wildman–Crippen MR) is 43.1 cm³/mol. The number of anilines is 1. The SMILES string of the molecule is Cc1cc(N)c(C(F)F)c(C)n1. The van der Waals surface area contributed by atoms with Crippen molar-refractivity contribution in [2.75, 3.05) is 5.73 Å². The third-order valence-corrected chi connectivity index (χ3v) is 1.63. The van der Waals surface area contributed by atoms with E-state index in [9.17, 15) is 8.78 Å². The molecular formula is C8H10F2N2. The van der Waals surface area contributed by atoms with Crippen molar-refractivity contribution in [3.05, 3.63) is 23.0 Å². The number of hydrogen-bond acceptors (Lipinski definition) is 2. The molecule has 0 aliphatic rings. The van der Waals surface area contributed by atoms with Crippen molar-refractivity contribution in [1.29, 1.82) is 0 Å². The molecule has 0 radical (unpaired) electrons. The van der Waals surface area contributed by atoms with E-state index in [4.69, 9.17) is 5.73 Å². The minimum atomic E-state index is -2.54. The standard InChI is InChI=1S/C8H10F2N2/c1-4-3-6(11)7(8(9)10)5(2)12-4/h3,8H,1-2H3,(H2,11,12). The van der Waals surface area contributed by atoms with Gasteiger partial charge in [0.15, 0.2) is 0 Å². The van der Waals surface area contributed by atoms with Gasteiger partial charge in [0.1, 0.15) is 0 Å². The van der Waals surface area contributed by atoms with E-state index >= 15 is 0 Å². The van der Waals surface area contributed by atoms with Crippen molar-refractivity contribution < 1.29 is 8.78 Å². The Bertz CT molecular complexity index is 274. The van der Waals surface area contributed by atoms with Crippen LogP contribution in [0, 0.1) is 13.8 Å². The fraction of sp³-hybridized carbons (Fsp3) is 0.375. The van der Waals surface area contributed by atoms with E-state index in [2.05, 4.69) is 4.98 Å². The molecule has 1 aromatic heterocycles. The molecule has 1 rings (SSSR count). The van der Waals surface area contributed by atoms with Gasteiger partial charge in [-0.2, -0.15) is 0 Å². The molecule has 0 fully saturated rings. The van der Waals surface area contributed by atoms with Crippen molar-refractivity contribution in [2.45, 2.75) is 20.3 Å². The smallest absolute Gasteiger partial charge is 0.267 e. The van der Waals surface area contributed by atoms with Gasteiger partial charge in [0.05, 0.1) is 5.56 Å². The van der Waals surface area contributed by atoms with Gasteiger partial charge in [-0.05, 0) is 19.9 Å². The molecule has 12 heavy (non-hydrogen) atoms. The summed E-state index contributed by atoms with van der Waals surface area (Å²) >= 11 is 0. The van der Waals surface area contributed by atoms with Crippen LogP contribution in [0.25, 0.3) is 0 Å². The molecule has 0 amide bonds. The first-order valence-corrected chi connectivity index (χ1v) is 3.54. The topological polar surface area (TPSA) is 38.9 Å². The summed E-state index contributed by atoms with van der Waals surface area (Å²) in [6, 6.07) is 1.45. The summed E-state index contributed by atoms with van der Waals surface area (Å²) in [6.45, 7) is 3.25. The minimum Gasteiger partial charge on any atom is -0.398 e. The van der Waals surface area contributed by atoms with Gasteiger partial charge in [0.2, 0.25) is 0 Å². The van der Waals surface area contributed by atoms with E-state index in [0.717, 1.165) is 0 Å². The first-order valence-electron chi connectivity index (χ1n) is 3.54. The van der Waals surface area contributed by atoms with Gasteiger partial charge in [0, 0.05) is 17.1 Å². The number of nitrogen functional groups attached to an aromatic ring is 1. The van der Waals surface area contributed by atoms with Crippen LogP contribution in [0.2, 0.25) is 0 Å². The Morgan fingerprint density at radius 2 is 2.00 bits per heavy atom. The number of aromatic nitrogens is 1. The molecule has 0 bridgehead atoms. The van der Waals surface area contributed by atoms with Gasteiger partial charge >= 0.3 is 0 Å². The minimum absolute atomic E-state index is 0.120. The molecule has 0 atom stereocenters. The van der Waals surface area contributed by atoms with Crippen LogP contribution in [0.1, 0.15) is 23.4 Å². The molecule has 1 aromatic rings. The van der Waals surface area contributed by atoms with Crippen LogP contribution < -0.4 is 5.73 Å². The lowest BCUT2D eigenvalue weighted by molar-refractivity contribution is 0.151. The maximum absolute atomic E-state index is 12.3. The van der Waals surface area contributed by atoms with Crippen molar-refractivity contribution in [1.82, 2.24) is 4.98 Å². The van der Waals surface area contributed by atoms with E-state index in [1.807, 2.05) is 0 Å². The van der Waals surface area contributed by atoms with Crippen LogP contribution in [0.4, 0.5) is 14.5 Å². The normalized spacial score (nSPS) is 10.8. The zero-order valence-electron chi connectivity index (χ0n) is 6.94. The molecule has 4 heteroatoms. The Balaban J connectivity index is 3.28. The highest BCUT2D eigenvalue weighted by Gasteiger charge is 2.15. The number of aryl methyl sites for hydroxylation is 2. The second-order valence-corrected chi connectivity index (χ2v) is 2.65. The molecule has 1 heterocycles. The Hall–Kier alpha value is -1.19. The monoisotopic (exact) mass is 172 g/mol. The quantitative estimate of drug-likeness (QED) is 0.705. The first-order chi connectivity index (χ1) is 5.52. The highest BCUT2D eigenvalue weighted by atomic mass is 19.3. The summed E-state index contributed by atoms with van der Waals surface area (Å²) in [5, 5.41) is 0. The van der Waals surface area contributed by atoms with Crippen molar-refractivity contribution >= 4 is 5.69 Å². The fourth-order valence-corrected chi connectivity index (χ4v) is 1.15. The molecule has 2 nitrogen and oxygen atoms in total. The van der Waals surface area contributed by atoms with Crippen LogP contribution >= 0.6 is 0 Å². The summed E-state index contributed by atoms with van der Waals surface area (Å²) in [5.41, 5.74) is 6.34. The van der Waals surface area contributed by atoms with Crippen molar-refractivity contribution in [3.63, 3.8) is 0 Å². The molecule has 66 valence electrons. The van der Waals surface area contributed by atoms with Crippen LogP contribution in [0.15, 0.2) is 6.07 Å². The maximum Gasteiger partial charge on any atom is 0.267 e. The third kappa shape index (κ3) is 1.52. The third-order valence-electron chi connectivity index (χ3n) is 1.63. The number of halogens is 2. The van der Waals surface area contributed by atoms with Gasteiger partial charge < -0.3 is 5.73 Å². The number of pyridine rings is 1. The average molecular weight is 172 g/mol. The van der Waals surface area contributed by atoms with Crippen LogP contribution in [-0.4, -0.2) is 4.98 Å². The Morgan fingerprint density at radius 3 is 2.42 bits per heavy atom. The van der Waals surface area contributed by atoms with Crippen LogP contribution in [0.3, 0.4) is 0 Å². The first kappa shape index (κ1) is 8.90. The van der Waals surface area contributed by atoms with Crippen molar-refractivity contribution in [3.8, 4) is 0 Å². The average Bonchev–Trinajstić information content (AvgIpc) is 1.82. The maximum atomic E-state index is 12.3.